The second-order valence-corrected chi connectivity index (χ2v) is 8.94. The summed E-state index contributed by atoms with van der Waals surface area (Å²) >= 11 is 0. The van der Waals surface area contributed by atoms with Crippen molar-refractivity contribution < 1.29 is 22.9 Å². The van der Waals surface area contributed by atoms with Crippen molar-refractivity contribution in [3.8, 4) is 11.5 Å². The van der Waals surface area contributed by atoms with Crippen LogP contribution in [-0.4, -0.2) is 38.3 Å². The van der Waals surface area contributed by atoms with E-state index in [9.17, 15) is 14.2 Å². The Morgan fingerprint density at radius 3 is 2.46 bits per heavy atom. The molecule has 15 heteroatoms. The Labute approximate surface area is 197 Å². The number of azide groups is 1. The van der Waals surface area contributed by atoms with Crippen LogP contribution in [0.1, 0.15) is 18.2 Å². The number of H-pyrrole nitrogens is 1. The number of aromatic amines is 1. The lowest BCUT2D eigenvalue weighted by molar-refractivity contribution is -0.0260. The molecule has 1 saturated heterocycles. The molecule has 182 valence electrons. The minimum Gasteiger partial charge on any atom is -0.393 e. The van der Waals surface area contributed by atoms with Crippen LogP contribution >= 0.6 is 7.82 Å². The number of nitrogens with zero attached hydrogens (tertiary/aromatic N) is 6. The van der Waals surface area contributed by atoms with E-state index < -0.39 is 37.4 Å². The molecule has 1 aliphatic heterocycles. The van der Waals surface area contributed by atoms with E-state index in [-0.39, 0.29) is 24.5 Å². The van der Waals surface area contributed by atoms with Crippen LogP contribution in [-0.2, 0) is 13.8 Å². The Balaban J connectivity index is 1.55. The highest BCUT2D eigenvalue weighted by atomic mass is 31.2. The van der Waals surface area contributed by atoms with Gasteiger partial charge in [-0.2, -0.15) is 0 Å². The standard InChI is InChI=1S/C20H20N7O7P/c1-13-11-27(20(29)24-19(13)28)18-8-16(25-26-21)17(32-18)12-31-35(30,33-14-4-2-6-22-9-14)34-15-5-3-7-23-10-15/h2-7,9-11,16-18H,8,12H2,1H3,(H,24,28,29)/t16?,17-,18-/m1/s1. The molecule has 4 heterocycles. The fourth-order valence-corrected chi connectivity index (χ4v) is 4.52. The number of ether oxygens (including phenoxy) is 1. The van der Waals surface area contributed by atoms with E-state index in [0.717, 1.165) is 0 Å². The fourth-order valence-electron chi connectivity index (χ4n) is 3.32. The maximum Gasteiger partial charge on any atom is 0.587 e. The van der Waals surface area contributed by atoms with Crippen LogP contribution in [0.25, 0.3) is 10.4 Å². The third-order valence-electron chi connectivity index (χ3n) is 4.96. The summed E-state index contributed by atoms with van der Waals surface area (Å²) in [7, 11) is -4.29. The molecule has 0 aromatic carbocycles. The van der Waals surface area contributed by atoms with Crippen molar-refractivity contribution in [3.05, 3.63) is 92.1 Å². The van der Waals surface area contributed by atoms with E-state index in [1.54, 1.807) is 12.1 Å². The Bertz CT molecular complexity index is 1330. The number of phosphoric acid groups is 1. The van der Waals surface area contributed by atoms with E-state index >= 15 is 0 Å². The second-order valence-electron chi connectivity index (χ2n) is 7.42. The van der Waals surface area contributed by atoms with Crippen LogP contribution in [0.2, 0.25) is 0 Å². The van der Waals surface area contributed by atoms with Crippen molar-refractivity contribution in [1.82, 2.24) is 19.5 Å². The summed E-state index contributed by atoms with van der Waals surface area (Å²) in [4.78, 5) is 36.8. The number of aryl methyl sites for hydroxylation is 1. The Hall–Kier alpha value is -3.96. The first-order valence-corrected chi connectivity index (χ1v) is 11.8. The van der Waals surface area contributed by atoms with Gasteiger partial charge in [0.15, 0.2) is 11.5 Å². The second kappa shape index (κ2) is 10.5. The maximum absolute atomic E-state index is 13.5. The lowest BCUT2D eigenvalue weighted by Gasteiger charge is -2.21. The first-order valence-electron chi connectivity index (χ1n) is 10.3. The molecule has 3 aromatic rings. The van der Waals surface area contributed by atoms with Gasteiger partial charge in [-0.25, -0.2) is 9.36 Å². The normalized spacial score (nSPS) is 19.6. The summed E-state index contributed by atoms with van der Waals surface area (Å²) in [6, 6.07) is 5.43. The third-order valence-corrected chi connectivity index (χ3v) is 6.29. The van der Waals surface area contributed by atoms with Crippen LogP contribution < -0.4 is 20.3 Å². The number of hydrogen-bond acceptors (Lipinski definition) is 10. The number of pyridine rings is 2. The molecule has 0 amide bonds. The van der Waals surface area contributed by atoms with Crippen LogP contribution in [0.15, 0.2) is 70.0 Å². The predicted molar refractivity (Wildman–Crippen MR) is 121 cm³/mol. The molecule has 1 unspecified atom stereocenters. The van der Waals surface area contributed by atoms with Gasteiger partial charge in [-0.1, -0.05) is 5.11 Å². The van der Waals surface area contributed by atoms with E-state index in [1.807, 2.05) is 0 Å². The number of aromatic nitrogens is 4. The molecule has 3 aromatic heterocycles. The Morgan fingerprint density at radius 2 is 1.89 bits per heavy atom. The molecule has 35 heavy (non-hydrogen) atoms. The van der Waals surface area contributed by atoms with Crippen molar-refractivity contribution >= 4 is 7.82 Å². The molecular weight excluding hydrogens is 481 g/mol. The fraction of sp³-hybridized carbons (Fsp3) is 0.300. The quantitative estimate of drug-likeness (QED) is 0.199. The highest BCUT2D eigenvalue weighted by Crippen LogP contribution is 2.50. The molecule has 0 spiro atoms. The van der Waals surface area contributed by atoms with Gasteiger partial charge in [-0.05, 0) is 36.7 Å². The summed E-state index contributed by atoms with van der Waals surface area (Å²) in [6.45, 7) is 1.17. The first kappa shape index (κ1) is 24.2. The van der Waals surface area contributed by atoms with Gasteiger partial charge in [0, 0.05) is 35.5 Å². The Kier molecular flexibility index (Phi) is 7.28. The molecule has 3 atom stereocenters. The van der Waals surface area contributed by atoms with Gasteiger partial charge < -0.3 is 13.8 Å². The minimum absolute atomic E-state index is 0.112. The van der Waals surface area contributed by atoms with Crippen molar-refractivity contribution in [2.75, 3.05) is 6.61 Å². The summed E-state index contributed by atoms with van der Waals surface area (Å²) in [5.41, 5.74) is 8.08. The average Bonchev–Trinajstić information content (AvgIpc) is 3.24. The molecular formula is C20H20N7O7P. The van der Waals surface area contributed by atoms with Crippen molar-refractivity contribution in [2.45, 2.75) is 31.7 Å². The van der Waals surface area contributed by atoms with Crippen molar-refractivity contribution in [1.29, 1.82) is 0 Å². The van der Waals surface area contributed by atoms with Gasteiger partial charge in [0.1, 0.15) is 6.23 Å². The van der Waals surface area contributed by atoms with Gasteiger partial charge in [0.25, 0.3) is 5.56 Å². The average molecular weight is 501 g/mol. The minimum atomic E-state index is -4.29. The molecule has 1 N–H and O–H groups in total. The zero-order valence-corrected chi connectivity index (χ0v) is 19.2. The lowest BCUT2D eigenvalue weighted by Crippen LogP contribution is -2.33. The van der Waals surface area contributed by atoms with Crippen LogP contribution in [0.3, 0.4) is 0 Å². The van der Waals surface area contributed by atoms with Gasteiger partial charge in [-0.15, -0.1) is 0 Å². The maximum atomic E-state index is 13.5. The van der Waals surface area contributed by atoms with E-state index in [2.05, 4.69) is 25.0 Å². The number of rotatable bonds is 9. The van der Waals surface area contributed by atoms with E-state index in [0.29, 0.717) is 5.56 Å². The molecule has 0 radical (unpaired) electrons. The molecule has 4 rings (SSSR count). The SMILES string of the molecule is Cc1cn([C@H]2CC(N=[N+]=[N-])[C@@H](COP(=O)(Oc3cccnc3)Oc3cccnc3)O2)c(=O)[nH]c1=O. The third kappa shape index (κ3) is 5.94. The smallest absolute Gasteiger partial charge is 0.393 e. The van der Waals surface area contributed by atoms with Gasteiger partial charge in [0.2, 0.25) is 0 Å². The van der Waals surface area contributed by atoms with Gasteiger partial charge in [0.05, 0.1) is 31.1 Å². The summed E-state index contributed by atoms with van der Waals surface area (Å²) in [5.74, 6) is 0.263. The molecule has 1 aliphatic rings. The summed E-state index contributed by atoms with van der Waals surface area (Å²) in [6.07, 6.45) is 5.39. The molecule has 0 aliphatic carbocycles. The number of hydrogen-bond donors (Lipinski definition) is 1. The van der Waals surface area contributed by atoms with Gasteiger partial charge >= 0.3 is 13.5 Å². The number of nitrogens with one attached hydrogen (secondary N) is 1. The predicted octanol–water partition coefficient (Wildman–Crippen LogP) is 2.88. The topological polar surface area (TPSA) is 183 Å². The summed E-state index contributed by atoms with van der Waals surface area (Å²) < 4.78 is 37.1. The van der Waals surface area contributed by atoms with E-state index in [4.69, 9.17) is 23.8 Å². The van der Waals surface area contributed by atoms with Crippen LogP contribution in [0, 0.1) is 6.92 Å². The Morgan fingerprint density at radius 1 is 1.23 bits per heavy atom. The molecule has 14 nitrogen and oxygen atoms in total. The highest BCUT2D eigenvalue weighted by Gasteiger charge is 2.40. The number of phosphoric ester groups is 1. The van der Waals surface area contributed by atoms with Crippen molar-refractivity contribution in [2.24, 2.45) is 5.11 Å². The largest absolute Gasteiger partial charge is 0.587 e. The molecule has 0 saturated carbocycles. The zero-order valence-electron chi connectivity index (χ0n) is 18.3. The van der Waals surface area contributed by atoms with Gasteiger partial charge in [-0.3, -0.25) is 28.8 Å². The summed E-state index contributed by atoms with van der Waals surface area (Å²) in [5, 5.41) is 3.72. The zero-order chi connectivity index (χ0) is 24.8. The van der Waals surface area contributed by atoms with Crippen LogP contribution in [0.4, 0.5) is 0 Å². The lowest BCUT2D eigenvalue weighted by atomic mass is 10.1. The first-order chi connectivity index (χ1) is 16.9. The highest BCUT2D eigenvalue weighted by molar-refractivity contribution is 7.49. The van der Waals surface area contributed by atoms with Crippen LogP contribution in [0.5, 0.6) is 11.5 Å². The van der Waals surface area contributed by atoms with E-state index in [1.165, 1.54) is 54.6 Å². The van der Waals surface area contributed by atoms with Crippen molar-refractivity contribution in [3.63, 3.8) is 0 Å². The molecule has 1 fully saturated rings. The molecule has 0 bridgehead atoms. The monoisotopic (exact) mass is 501 g/mol.